The number of anilines is 1. The highest BCUT2D eigenvalue weighted by molar-refractivity contribution is 5.50. The van der Waals surface area contributed by atoms with Gasteiger partial charge in [0.15, 0.2) is 0 Å². The number of aromatic nitrogens is 2. The Morgan fingerprint density at radius 3 is 2.64 bits per heavy atom. The van der Waals surface area contributed by atoms with E-state index in [1.54, 1.807) is 12.5 Å². The summed E-state index contributed by atoms with van der Waals surface area (Å²) in [7, 11) is 0. The summed E-state index contributed by atoms with van der Waals surface area (Å²) in [6.07, 6.45) is 5.38. The fourth-order valence-electron chi connectivity index (χ4n) is 2.34. The van der Waals surface area contributed by atoms with Gasteiger partial charge in [-0.3, -0.25) is 0 Å². The van der Waals surface area contributed by atoms with E-state index in [-0.39, 0.29) is 6.04 Å². The Morgan fingerprint density at radius 1 is 1.18 bits per heavy atom. The predicted molar refractivity (Wildman–Crippen MR) is 86.7 cm³/mol. The van der Waals surface area contributed by atoms with Gasteiger partial charge in [-0.2, -0.15) is 5.26 Å². The summed E-state index contributed by atoms with van der Waals surface area (Å²) in [4.78, 5) is 4.03. The number of benzene rings is 2. The van der Waals surface area contributed by atoms with Crippen molar-refractivity contribution in [2.24, 2.45) is 0 Å². The third kappa shape index (κ3) is 2.99. The van der Waals surface area contributed by atoms with Crippen LogP contribution in [-0.2, 0) is 0 Å². The Balaban J connectivity index is 1.81. The molecule has 0 aliphatic heterocycles. The standard InChI is InChI=1S/C18H16N4/c1-14-3-2-4-16(11-14)21-18(12-19)15-5-7-17(8-6-15)22-10-9-20-13-22/h2-11,13,18,21H,1H3/t18-/m1/s1. The number of imidazole rings is 1. The van der Waals surface area contributed by atoms with E-state index in [2.05, 4.69) is 16.4 Å². The second-order valence-electron chi connectivity index (χ2n) is 5.14. The van der Waals surface area contributed by atoms with Crippen molar-refractivity contribution in [2.75, 3.05) is 5.32 Å². The topological polar surface area (TPSA) is 53.6 Å². The molecule has 0 bridgehead atoms. The van der Waals surface area contributed by atoms with Crippen molar-refractivity contribution in [1.82, 2.24) is 9.55 Å². The van der Waals surface area contributed by atoms with E-state index >= 15 is 0 Å². The highest BCUT2D eigenvalue weighted by Gasteiger charge is 2.10. The first-order valence-electron chi connectivity index (χ1n) is 7.07. The van der Waals surface area contributed by atoms with Crippen LogP contribution < -0.4 is 5.32 Å². The summed E-state index contributed by atoms with van der Waals surface area (Å²) in [5.74, 6) is 0. The smallest absolute Gasteiger partial charge is 0.140 e. The van der Waals surface area contributed by atoms with E-state index in [1.165, 1.54) is 0 Å². The van der Waals surface area contributed by atoms with Crippen LogP contribution >= 0.6 is 0 Å². The minimum atomic E-state index is -0.376. The summed E-state index contributed by atoms with van der Waals surface area (Å²) < 4.78 is 1.93. The summed E-state index contributed by atoms with van der Waals surface area (Å²) in [6.45, 7) is 2.03. The summed E-state index contributed by atoms with van der Waals surface area (Å²) in [5, 5.41) is 12.7. The molecular weight excluding hydrogens is 272 g/mol. The third-order valence-corrected chi connectivity index (χ3v) is 3.49. The minimum absolute atomic E-state index is 0.376. The van der Waals surface area contributed by atoms with E-state index in [1.807, 2.05) is 66.2 Å². The first kappa shape index (κ1) is 13.9. The van der Waals surface area contributed by atoms with Crippen LogP contribution in [0.15, 0.2) is 67.3 Å². The monoisotopic (exact) mass is 288 g/mol. The summed E-state index contributed by atoms with van der Waals surface area (Å²) in [5.41, 5.74) is 4.07. The Kier molecular flexibility index (Phi) is 3.88. The Labute approximate surface area is 129 Å². The second kappa shape index (κ2) is 6.15. The second-order valence-corrected chi connectivity index (χ2v) is 5.14. The van der Waals surface area contributed by atoms with Crippen LogP contribution in [0.3, 0.4) is 0 Å². The normalized spacial score (nSPS) is 11.6. The van der Waals surface area contributed by atoms with Crippen molar-refractivity contribution < 1.29 is 0 Å². The third-order valence-electron chi connectivity index (χ3n) is 3.49. The van der Waals surface area contributed by atoms with Gasteiger partial charge in [0.1, 0.15) is 6.04 Å². The van der Waals surface area contributed by atoms with Crippen LogP contribution in [0.5, 0.6) is 0 Å². The Morgan fingerprint density at radius 2 is 2.00 bits per heavy atom. The molecule has 3 aromatic rings. The quantitative estimate of drug-likeness (QED) is 0.793. The molecule has 0 radical (unpaired) electrons. The molecule has 4 nitrogen and oxygen atoms in total. The number of rotatable bonds is 4. The molecule has 0 saturated carbocycles. The summed E-state index contributed by atoms with van der Waals surface area (Å²) >= 11 is 0. The van der Waals surface area contributed by atoms with Crippen molar-refractivity contribution in [3.05, 3.63) is 78.4 Å². The number of nitrogens with zero attached hydrogens (tertiary/aromatic N) is 3. The molecule has 0 saturated heterocycles. The van der Waals surface area contributed by atoms with Crippen molar-refractivity contribution >= 4 is 5.69 Å². The molecule has 0 fully saturated rings. The van der Waals surface area contributed by atoms with Crippen molar-refractivity contribution in [3.63, 3.8) is 0 Å². The van der Waals surface area contributed by atoms with E-state index in [9.17, 15) is 5.26 Å². The maximum absolute atomic E-state index is 9.44. The van der Waals surface area contributed by atoms with E-state index in [0.29, 0.717) is 0 Å². The predicted octanol–water partition coefficient (Wildman–Crippen LogP) is 3.86. The first-order valence-corrected chi connectivity index (χ1v) is 7.07. The highest BCUT2D eigenvalue weighted by atomic mass is 15.0. The van der Waals surface area contributed by atoms with Crippen LogP contribution in [-0.4, -0.2) is 9.55 Å². The van der Waals surface area contributed by atoms with Crippen molar-refractivity contribution in [1.29, 1.82) is 5.26 Å². The molecule has 1 atom stereocenters. The number of nitrogens with one attached hydrogen (secondary N) is 1. The van der Waals surface area contributed by atoms with Crippen molar-refractivity contribution in [3.8, 4) is 11.8 Å². The number of hydrogen-bond acceptors (Lipinski definition) is 3. The lowest BCUT2D eigenvalue weighted by atomic mass is 10.1. The van der Waals surface area contributed by atoms with Crippen LogP contribution in [0.1, 0.15) is 17.2 Å². The maximum Gasteiger partial charge on any atom is 0.140 e. The van der Waals surface area contributed by atoms with E-state index in [4.69, 9.17) is 0 Å². The lowest BCUT2D eigenvalue weighted by Crippen LogP contribution is -2.08. The maximum atomic E-state index is 9.44. The molecule has 1 aromatic heterocycles. The zero-order valence-corrected chi connectivity index (χ0v) is 12.3. The van der Waals surface area contributed by atoms with Gasteiger partial charge in [0, 0.05) is 23.8 Å². The van der Waals surface area contributed by atoms with Gasteiger partial charge in [-0.15, -0.1) is 0 Å². The lowest BCUT2D eigenvalue weighted by molar-refractivity contribution is 0.988. The van der Waals surface area contributed by atoms with Gasteiger partial charge in [-0.25, -0.2) is 4.98 Å². The molecule has 3 rings (SSSR count). The van der Waals surface area contributed by atoms with Crippen LogP contribution in [0.2, 0.25) is 0 Å². The molecule has 1 heterocycles. The van der Waals surface area contributed by atoms with Crippen LogP contribution in [0.25, 0.3) is 5.69 Å². The first-order chi connectivity index (χ1) is 10.8. The Bertz CT molecular complexity index is 783. The van der Waals surface area contributed by atoms with E-state index < -0.39 is 0 Å². The zero-order chi connectivity index (χ0) is 15.4. The fourth-order valence-corrected chi connectivity index (χ4v) is 2.34. The molecule has 0 amide bonds. The molecule has 22 heavy (non-hydrogen) atoms. The average molecular weight is 288 g/mol. The average Bonchev–Trinajstić information content (AvgIpc) is 3.07. The summed E-state index contributed by atoms with van der Waals surface area (Å²) in [6, 6.07) is 17.8. The van der Waals surface area contributed by atoms with Gasteiger partial charge in [0.2, 0.25) is 0 Å². The molecule has 2 aromatic carbocycles. The van der Waals surface area contributed by atoms with Gasteiger partial charge in [-0.1, -0.05) is 24.3 Å². The zero-order valence-electron chi connectivity index (χ0n) is 12.3. The van der Waals surface area contributed by atoms with Gasteiger partial charge in [0.05, 0.1) is 12.4 Å². The Hall–Kier alpha value is -3.06. The molecule has 0 aliphatic rings. The molecule has 0 spiro atoms. The molecule has 0 unspecified atom stereocenters. The molecular formula is C18H16N4. The SMILES string of the molecule is Cc1cccc(N[C@H](C#N)c2ccc(-n3ccnc3)cc2)c1. The van der Waals surface area contributed by atoms with Gasteiger partial charge >= 0.3 is 0 Å². The largest absolute Gasteiger partial charge is 0.366 e. The van der Waals surface area contributed by atoms with Crippen molar-refractivity contribution in [2.45, 2.75) is 13.0 Å². The number of nitriles is 1. The molecule has 108 valence electrons. The fraction of sp³-hybridized carbons (Fsp3) is 0.111. The van der Waals surface area contributed by atoms with Gasteiger partial charge < -0.3 is 9.88 Å². The van der Waals surface area contributed by atoms with Crippen LogP contribution in [0, 0.1) is 18.3 Å². The highest BCUT2D eigenvalue weighted by Crippen LogP contribution is 2.21. The molecule has 1 N–H and O–H groups in total. The lowest BCUT2D eigenvalue weighted by Gasteiger charge is -2.14. The van der Waals surface area contributed by atoms with Gasteiger partial charge in [0.25, 0.3) is 0 Å². The van der Waals surface area contributed by atoms with Crippen LogP contribution in [0.4, 0.5) is 5.69 Å². The molecule has 0 aliphatic carbocycles. The molecule has 4 heteroatoms. The van der Waals surface area contributed by atoms with E-state index in [0.717, 1.165) is 22.5 Å². The number of hydrogen-bond donors (Lipinski definition) is 1. The minimum Gasteiger partial charge on any atom is -0.366 e. The van der Waals surface area contributed by atoms with Gasteiger partial charge in [-0.05, 0) is 42.3 Å². The number of aryl methyl sites for hydroxylation is 1.